The topological polar surface area (TPSA) is 130 Å². The number of hydrogen-bond acceptors (Lipinski definition) is 6. The number of aromatic amines is 1. The molecule has 1 aromatic heterocycles. The standard InChI is InChI=1S/C23H23F6N4O6P/c1-12(14-8-15(20(25)26)10-16(9-14)23(27,28)29)39-21-19(13-2-4-17(24)5-3-13)32(6-7-38-21)11-18-30-22(34)33(31-18)40(35,36)37/h2-5,8-10,12,19-21H,6-7,11H2,1H3,(H,30,31,34)(H2,35,36,37). The van der Waals surface area contributed by atoms with Crippen molar-refractivity contribution in [2.45, 2.75) is 44.5 Å². The number of benzene rings is 2. The molecule has 3 N–H and O–H groups in total. The quantitative estimate of drug-likeness (QED) is 0.260. The minimum atomic E-state index is -5.04. The molecule has 3 atom stereocenters. The second-order valence-electron chi connectivity index (χ2n) is 8.95. The van der Waals surface area contributed by atoms with Gasteiger partial charge in [-0.3, -0.25) is 9.88 Å². The van der Waals surface area contributed by atoms with E-state index >= 15 is 0 Å². The van der Waals surface area contributed by atoms with Crippen LogP contribution >= 0.6 is 7.75 Å². The maximum absolute atomic E-state index is 13.7. The van der Waals surface area contributed by atoms with Crippen LogP contribution in [-0.4, -0.2) is 48.7 Å². The van der Waals surface area contributed by atoms with E-state index in [0.717, 1.165) is 18.2 Å². The molecule has 218 valence electrons. The number of alkyl halides is 5. The summed E-state index contributed by atoms with van der Waals surface area (Å²) in [4.78, 5) is 34.4. The summed E-state index contributed by atoms with van der Waals surface area (Å²) < 4.78 is 104. The Morgan fingerprint density at radius 1 is 1.18 bits per heavy atom. The first-order valence-corrected chi connectivity index (χ1v) is 13.2. The first-order chi connectivity index (χ1) is 18.6. The fourth-order valence-electron chi connectivity index (χ4n) is 4.29. The fourth-order valence-corrected chi connectivity index (χ4v) is 4.80. The second kappa shape index (κ2) is 11.5. The van der Waals surface area contributed by atoms with Crippen LogP contribution < -0.4 is 5.69 Å². The highest BCUT2D eigenvalue weighted by Crippen LogP contribution is 2.38. The Kier molecular flexibility index (Phi) is 8.59. The first kappa shape index (κ1) is 30.0. The number of H-pyrrole nitrogens is 1. The molecule has 1 aliphatic heterocycles. The number of nitrogens with zero attached hydrogens (tertiary/aromatic N) is 3. The molecule has 40 heavy (non-hydrogen) atoms. The molecule has 0 amide bonds. The van der Waals surface area contributed by atoms with E-state index in [1.54, 1.807) is 4.90 Å². The summed E-state index contributed by atoms with van der Waals surface area (Å²) >= 11 is 0. The van der Waals surface area contributed by atoms with Crippen molar-refractivity contribution in [3.05, 3.63) is 86.8 Å². The molecular formula is C23H23F6N4O6P. The van der Waals surface area contributed by atoms with Gasteiger partial charge in [0.15, 0.2) is 6.29 Å². The van der Waals surface area contributed by atoms with Crippen molar-refractivity contribution < 1.29 is 50.2 Å². The Balaban J connectivity index is 1.67. The molecule has 1 fully saturated rings. The van der Waals surface area contributed by atoms with Crippen LogP contribution in [0.15, 0.2) is 47.3 Å². The maximum Gasteiger partial charge on any atom is 0.454 e. The Morgan fingerprint density at radius 2 is 1.82 bits per heavy atom. The predicted molar refractivity (Wildman–Crippen MR) is 125 cm³/mol. The molecule has 1 aliphatic rings. The number of ether oxygens (including phenoxy) is 2. The van der Waals surface area contributed by atoms with E-state index in [2.05, 4.69) is 10.1 Å². The first-order valence-electron chi connectivity index (χ1n) is 11.6. The van der Waals surface area contributed by atoms with E-state index < -0.39 is 61.4 Å². The molecule has 1 saturated heterocycles. The largest absolute Gasteiger partial charge is 0.454 e. The Labute approximate surface area is 222 Å². The number of aromatic nitrogens is 3. The van der Waals surface area contributed by atoms with Gasteiger partial charge in [0.05, 0.1) is 30.9 Å². The lowest BCUT2D eigenvalue weighted by Gasteiger charge is -2.41. The molecule has 0 radical (unpaired) electrons. The van der Waals surface area contributed by atoms with E-state index in [9.17, 15) is 45.5 Å². The second-order valence-corrected chi connectivity index (χ2v) is 10.4. The van der Waals surface area contributed by atoms with Gasteiger partial charge in [-0.05, 0) is 48.4 Å². The molecule has 0 saturated carbocycles. The van der Waals surface area contributed by atoms with Gasteiger partial charge in [-0.2, -0.15) is 13.2 Å². The van der Waals surface area contributed by atoms with Gasteiger partial charge < -0.3 is 19.3 Å². The molecule has 10 nitrogen and oxygen atoms in total. The zero-order valence-electron chi connectivity index (χ0n) is 20.6. The molecule has 3 unspecified atom stereocenters. The third-order valence-corrected chi connectivity index (χ3v) is 6.90. The number of morpholine rings is 1. The predicted octanol–water partition coefficient (Wildman–Crippen LogP) is 4.29. The molecule has 4 rings (SSSR count). The lowest BCUT2D eigenvalue weighted by Crippen LogP contribution is -2.46. The fraction of sp³-hybridized carbons (Fsp3) is 0.391. The molecular weight excluding hydrogens is 573 g/mol. The van der Waals surface area contributed by atoms with Crippen LogP contribution in [0.2, 0.25) is 0 Å². The normalized spacial score (nSPS) is 19.8. The molecule has 0 aliphatic carbocycles. The van der Waals surface area contributed by atoms with E-state index in [0.29, 0.717) is 17.7 Å². The van der Waals surface area contributed by atoms with E-state index in [1.165, 1.54) is 19.1 Å². The van der Waals surface area contributed by atoms with Crippen molar-refractivity contribution in [3.63, 3.8) is 0 Å². The Bertz CT molecular complexity index is 1440. The SMILES string of the molecule is CC(OC1OCCN(Cc2nn(P(=O)(O)O)c(=O)[nH]2)C1c1ccc(F)cc1)c1cc(C(F)F)cc(C(F)(F)F)c1. The van der Waals surface area contributed by atoms with Gasteiger partial charge in [-0.25, -0.2) is 22.5 Å². The summed E-state index contributed by atoms with van der Waals surface area (Å²) in [5.74, 6) is -0.695. The van der Waals surface area contributed by atoms with Gasteiger partial charge in [0.25, 0.3) is 6.43 Å². The zero-order valence-corrected chi connectivity index (χ0v) is 21.5. The Morgan fingerprint density at radius 3 is 2.40 bits per heavy atom. The highest BCUT2D eigenvalue weighted by atomic mass is 31.2. The lowest BCUT2D eigenvalue weighted by atomic mass is 10.0. The molecule has 2 heterocycles. The van der Waals surface area contributed by atoms with Gasteiger partial charge in [-0.15, -0.1) is 9.55 Å². The van der Waals surface area contributed by atoms with Crippen LogP contribution in [0.25, 0.3) is 0 Å². The minimum absolute atomic E-state index is 0.00336. The summed E-state index contributed by atoms with van der Waals surface area (Å²) in [6, 6.07) is 6.17. The van der Waals surface area contributed by atoms with Crippen LogP contribution in [0.3, 0.4) is 0 Å². The average Bonchev–Trinajstić information content (AvgIpc) is 3.24. The van der Waals surface area contributed by atoms with Gasteiger partial charge in [-0.1, -0.05) is 12.1 Å². The minimum Gasteiger partial charge on any atom is -0.349 e. The highest BCUT2D eigenvalue weighted by molar-refractivity contribution is 7.49. The van der Waals surface area contributed by atoms with Crippen LogP contribution in [0.4, 0.5) is 26.3 Å². The maximum atomic E-state index is 13.7. The summed E-state index contributed by atoms with van der Waals surface area (Å²) in [6.45, 7) is 1.33. The summed E-state index contributed by atoms with van der Waals surface area (Å²) in [6.07, 6.45) is -10.5. The van der Waals surface area contributed by atoms with Gasteiger partial charge in [0.2, 0.25) is 0 Å². The van der Waals surface area contributed by atoms with Crippen molar-refractivity contribution in [1.29, 1.82) is 0 Å². The number of halogens is 6. The molecule has 2 aromatic carbocycles. The summed E-state index contributed by atoms with van der Waals surface area (Å²) in [5, 5.41) is 3.63. The van der Waals surface area contributed by atoms with Gasteiger partial charge >= 0.3 is 19.6 Å². The monoisotopic (exact) mass is 596 g/mol. The van der Waals surface area contributed by atoms with Crippen molar-refractivity contribution in [2.75, 3.05) is 13.2 Å². The smallest absolute Gasteiger partial charge is 0.349 e. The highest BCUT2D eigenvalue weighted by Gasteiger charge is 2.38. The van der Waals surface area contributed by atoms with Crippen LogP contribution in [-0.2, 0) is 26.8 Å². The molecule has 17 heteroatoms. The van der Waals surface area contributed by atoms with Crippen molar-refractivity contribution in [1.82, 2.24) is 19.4 Å². The third-order valence-electron chi connectivity index (χ3n) is 6.14. The lowest BCUT2D eigenvalue weighted by molar-refractivity contribution is -0.231. The van der Waals surface area contributed by atoms with E-state index in [-0.39, 0.29) is 35.5 Å². The van der Waals surface area contributed by atoms with Crippen molar-refractivity contribution >= 4 is 7.75 Å². The number of nitrogens with one attached hydrogen (secondary N) is 1. The van der Waals surface area contributed by atoms with Crippen LogP contribution in [0.1, 0.15) is 53.6 Å². The summed E-state index contributed by atoms with van der Waals surface area (Å²) in [7, 11) is -5.04. The number of hydrogen-bond donors (Lipinski definition) is 3. The van der Waals surface area contributed by atoms with E-state index in [1.807, 2.05) is 0 Å². The van der Waals surface area contributed by atoms with Crippen molar-refractivity contribution in [3.8, 4) is 0 Å². The van der Waals surface area contributed by atoms with Gasteiger partial charge in [0, 0.05) is 12.1 Å². The van der Waals surface area contributed by atoms with Gasteiger partial charge in [0.1, 0.15) is 11.6 Å². The molecule has 0 spiro atoms. The Hall–Kier alpha value is -3.01. The number of rotatable bonds is 8. The summed E-state index contributed by atoms with van der Waals surface area (Å²) in [5.41, 5.74) is -3.04. The zero-order chi connectivity index (χ0) is 29.4. The molecule has 3 aromatic rings. The van der Waals surface area contributed by atoms with E-state index in [4.69, 9.17) is 9.47 Å². The average molecular weight is 596 g/mol. The van der Waals surface area contributed by atoms with Crippen molar-refractivity contribution in [2.24, 2.45) is 0 Å². The third kappa shape index (κ3) is 6.82. The van der Waals surface area contributed by atoms with Crippen LogP contribution in [0, 0.1) is 5.82 Å². The van der Waals surface area contributed by atoms with Crippen LogP contribution in [0.5, 0.6) is 0 Å². The molecule has 0 bridgehead atoms.